The predicted octanol–water partition coefficient (Wildman–Crippen LogP) is 1.14. The van der Waals surface area contributed by atoms with Crippen LogP contribution in [-0.4, -0.2) is 51.9 Å². The number of ether oxygens (including phenoxy) is 1. The summed E-state index contributed by atoms with van der Waals surface area (Å²) in [4.78, 5) is 2.30. The van der Waals surface area contributed by atoms with E-state index in [9.17, 15) is 8.42 Å². The highest BCUT2D eigenvalue weighted by molar-refractivity contribution is 9.10. The lowest BCUT2D eigenvalue weighted by Gasteiger charge is -2.26. The Labute approximate surface area is 121 Å². The SMILES string of the molecule is Nc1ccc(Br)cc1S(=O)(=O)CCN1CCOCC1. The van der Waals surface area contributed by atoms with Crippen molar-refractivity contribution in [2.24, 2.45) is 0 Å². The minimum absolute atomic E-state index is 0.0770. The Kier molecular flexibility index (Phi) is 4.83. The lowest BCUT2D eigenvalue weighted by atomic mass is 10.3. The van der Waals surface area contributed by atoms with E-state index in [1.807, 2.05) is 0 Å². The molecule has 0 saturated carbocycles. The van der Waals surface area contributed by atoms with Gasteiger partial charge in [-0.1, -0.05) is 15.9 Å². The van der Waals surface area contributed by atoms with E-state index in [4.69, 9.17) is 10.5 Å². The van der Waals surface area contributed by atoms with Gasteiger partial charge in [0.05, 0.1) is 29.5 Å². The normalized spacial score (nSPS) is 17.5. The average molecular weight is 349 g/mol. The summed E-state index contributed by atoms with van der Waals surface area (Å²) >= 11 is 3.27. The predicted molar refractivity (Wildman–Crippen MR) is 77.9 cm³/mol. The molecule has 0 aliphatic carbocycles. The summed E-state index contributed by atoms with van der Waals surface area (Å²) in [7, 11) is -3.35. The van der Waals surface area contributed by atoms with Gasteiger partial charge in [-0.25, -0.2) is 8.42 Å². The molecule has 0 bridgehead atoms. The summed E-state index contributed by atoms with van der Waals surface area (Å²) in [6.07, 6.45) is 0. The van der Waals surface area contributed by atoms with Gasteiger partial charge >= 0.3 is 0 Å². The van der Waals surface area contributed by atoms with Crippen molar-refractivity contribution in [1.82, 2.24) is 4.90 Å². The zero-order valence-electron chi connectivity index (χ0n) is 10.5. The molecule has 1 heterocycles. The third-order valence-corrected chi connectivity index (χ3v) is 5.33. The molecule has 2 rings (SSSR count). The molecule has 1 fully saturated rings. The van der Waals surface area contributed by atoms with Crippen molar-refractivity contribution >= 4 is 31.5 Å². The number of nitrogen functional groups attached to an aromatic ring is 1. The lowest BCUT2D eigenvalue weighted by Crippen LogP contribution is -2.39. The fourth-order valence-corrected chi connectivity index (χ4v) is 3.93. The highest BCUT2D eigenvalue weighted by atomic mass is 79.9. The van der Waals surface area contributed by atoms with Gasteiger partial charge in [-0.3, -0.25) is 4.90 Å². The molecule has 0 aromatic heterocycles. The van der Waals surface area contributed by atoms with Crippen LogP contribution in [-0.2, 0) is 14.6 Å². The van der Waals surface area contributed by atoms with Crippen LogP contribution >= 0.6 is 15.9 Å². The number of hydrogen-bond donors (Lipinski definition) is 1. The van der Waals surface area contributed by atoms with E-state index >= 15 is 0 Å². The van der Waals surface area contributed by atoms with Gasteiger partial charge in [0.1, 0.15) is 0 Å². The number of benzene rings is 1. The minimum atomic E-state index is -3.35. The lowest BCUT2D eigenvalue weighted by molar-refractivity contribution is 0.0408. The highest BCUT2D eigenvalue weighted by Gasteiger charge is 2.20. The van der Waals surface area contributed by atoms with E-state index in [1.165, 1.54) is 0 Å². The molecule has 1 aliphatic rings. The fraction of sp³-hybridized carbons (Fsp3) is 0.500. The molecule has 19 heavy (non-hydrogen) atoms. The number of anilines is 1. The molecule has 0 spiro atoms. The summed E-state index contributed by atoms with van der Waals surface area (Å²) in [6.45, 7) is 3.41. The van der Waals surface area contributed by atoms with E-state index in [0.29, 0.717) is 29.9 Å². The first-order valence-corrected chi connectivity index (χ1v) is 8.51. The molecule has 1 aromatic carbocycles. The van der Waals surface area contributed by atoms with Gasteiger partial charge in [-0.2, -0.15) is 0 Å². The monoisotopic (exact) mass is 348 g/mol. The maximum absolute atomic E-state index is 12.3. The van der Waals surface area contributed by atoms with Crippen molar-refractivity contribution in [3.63, 3.8) is 0 Å². The number of nitrogens with zero attached hydrogens (tertiary/aromatic N) is 1. The number of morpholine rings is 1. The highest BCUT2D eigenvalue weighted by Crippen LogP contribution is 2.24. The van der Waals surface area contributed by atoms with Crippen molar-refractivity contribution in [1.29, 1.82) is 0 Å². The van der Waals surface area contributed by atoms with Crippen LogP contribution in [0.1, 0.15) is 0 Å². The van der Waals surface area contributed by atoms with E-state index in [1.54, 1.807) is 18.2 Å². The molecule has 1 saturated heterocycles. The Morgan fingerprint density at radius 3 is 2.68 bits per heavy atom. The van der Waals surface area contributed by atoms with E-state index < -0.39 is 9.84 Å². The topological polar surface area (TPSA) is 72.6 Å². The standard InChI is InChI=1S/C12H17BrN2O3S/c13-10-1-2-11(14)12(9-10)19(16,17)8-5-15-3-6-18-7-4-15/h1-2,9H,3-8,14H2. The number of sulfone groups is 1. The van der Waals surface area contributed by atoms with Crippen LogP contribution in [0.15, 0.2) is 27.6 Å². The maximum atomic E-state index is 12.3. The van der Waals surface area contributed by atoms with Crippen molar-refractivity contribution in [3.8, 4) is 0 Å². The van der Waals surface area contributed by atoms with Crippen LogP contribution in [0.5, 0.6) is 0 Å². The second-order valence-electron chi connectivity index (χ2n) is 4.46. The van der Waals surface area contributed by atoms with Gasteiger partial charge in [0.2, 0.25) is 0 Å². The first-order valence-electron chi connectivity index (χ1n) is 6.07. The minimum Gasteiger partial charge on any atom is -0.398 e. The van der Waals surface area contributed by atoms with Crippen LogP contribution < -0.4 is 5.73 Å². The van der Waals surface area contributed by atoms with Crippen molar-refractivity contribution in [3.05, 3.63) is 22.7 Å². The Hall–Kier alpha value is -0.630. The second kappa shape index (κ2) is 6.21. The maximum Gasteiger partial charge on any atom is 0.181 e. The molecule has 106 valence electrons. The quantitative estimate of drug-likeness (QED) is 0.826. The van der Waals surface area contributed by atoms with Gasteiger partial charge in [0.25, 0.3) is 0 Å². The number of rotatable bonds is 4. The molecule has 1 aliphatic heterocycles. The first kappa shape index (κ1) is 14.8. The summed E-state index contributed by atoms with van der Waals surface area (Å²) in [5.41, 5.74) is 6.05. The van der Waals surface area contributed by atoms with Gasteiger partial charge < -0.3 is 10.5 Å². The number of halogens is 1. The van der Waals surface area contributed by atoms with E-state index in [-0.39, 0.29) is 10.6 Å². The Morgan fingerprint density at radius 1 is 1.32 bits per heavy atom. The molecule has 5 nitrogen and oxygen atoms in total. The van der Waals surface area contributed by atoms with Gasteiger partial charge in [-0.15, -0.1) is 0 Å². The zero-order valence-corrected chi connectivity index (χ0v) is 12.9. The van der Waals surface area contributed by atoms with Crippen LogP contribution in [0.25, 0.3) is 0 Å². The van der Waals surface area contributed by atoms with Crippen LogP contribution in [0, 0.1) is 0 Å². The Balaban J connectivity index is 2.07. The molecular formula is C12H17BrN2O3S. The smallest absolute Gasteiger partial charge is 0.181 e. The van der Waals surface area contributed by atoms with Gasteiger partial charge in [-0.05, 0) is 18.2 Å². The molecule has 2 N–H and O–H groups in total. The largest absolute Gasteiger partial charge is 0.398 e. The summed E-state index contributed by atoms with van der Waals surface area (Å²) in [5, 5.41) is 0. The van der Waals surface area contributed by atoms with Gasteiger partial charge in [0.15, 0.2) is 9.84 Å². The second-order valence-corrected chi connectivity index (χ2v) is 7.45. The molecular weight excluding hydrogens is 332 g/mol. The number of nitrogens with two attached hydrogens (primary N) is 1. The van der Waals surface area contributed by atoms with Gasteiger partial charge in [0, 0.05) is 24.1 Å². The zero-order chi connectivity index (χ0) is 13.9. The van der Waals surface area contributed by atoms with Crippen molar-refractivity contribution in [2.75, 3.05) is 44.3 Å². The summed E-state index contributed by atoms with van der Waals surface area (Å²) < 4.78 is 30.5. The molecule has 0 radical (unpaired) electrons. The van der Waals surface area contributed by atoms with Crippen molar-refractivity contribution in [2.45, 2.75) is 4.90 Å². The molecule has 7 heteroatoms. The third kappa shape index (κ3) is 3.92. The first-order chi connectivity index (χ1) is 8.99. The van der Waals surface area contributed by atoms with Crippen molar-refractivity contribution < 1.29 is 13.2 Å². The summed E-state index contributed by atoms with van der Waals surface area (Å²) in [5.74, 6) is 0.0770. The average Bonchev–Trinajstić information content (AvgIpc) is 2.40. The molecule has 0 amide bonds. The molecule has 1 aromatic rings. The molecule has 0 unspecified atom stereocenters. The van der Waals surface area contributed by atoms with Crippen LogP contribution in [0.2, 0.25) is 0 Å². The van der Waals surface area contributed by atoms with E-state index in [0.717, 1.165) is 13.1 Å². The van der Waals surface area contributed by atoms with Crippen LogP contribution in [0.3, 0.4) is 0 Å². The van der Waals surface area contributed by atoms with Crippen LogP contribution in [0.4, 0.5) is 5.69 Å². The Bertz CT molecular complexity index is 542. The number of hydrogen-bond acceptors (Lipinski definition) is 5. The van der Waals surface area contributed by atoms with E-state index in [2.05, 4.69) is 20.8 Å². The fourth-order valence-electron chi connectivity index (χ4n) is 1.96. The summed E-state index contributed by atoms with van der Waals surface area (Å²) in [6, 6.07) is 4.89. The molecule has 0 atom stereocenters. The third-order valence-electron chi connectivity index (χ3n) is 3.09. The Morgan fingerprint density at radius 2 is 2.00 bits per heavy atom.